The van der Waals surface area contributed by atoms with Crippen molar-refractivity contribution < 1.29 is 22.4 Å². The molecule has 3 aromatic rings. The number of piperazine rings is 1. The van der Waals surface area contributed by atoms with Crippen LogP contribution in [0.15, 0.2) is 48.5 Å². The van der Waals surface area contributed by atoms with Crippen molar-refractivity contribution in [2.24, 2.45) is 0 Å². The van der Waals surface area contributed by atoms with Crippen LogP contribution in [0.25, 0.3) is 10.9 Å². The number of H-pyrrole nitrogens is 1. The van der Waals surface area contributed by atoms with Gasteiger partial charge in [-0.1, -0.05) is 18.2 Å². The van der Waals surface area contributed by atoms with Crippen molar-refractivity contribution in [1.82, 2.24) is 14.8 Å². The zero-order valence-corrected chi connectivity index (χ0v) is 15.5. The third-order valence-electron chi connectivity index (χ3n) is 5.13. The number of rotatable bonds is 3. The summed E-state index contributed by atoms with van der Waals surface area (Å²) in [6, 6.07) is 11.2. The summed E-state index contributed by atoms with van der Waals surface area (Å²) < 4.78 is 51.9. The maximum absolute atomic E-state index is 13.3. The van der Waals surface area contributed by atoms with Crippen LogP contribution < -0.4 is 0 Å². The van der Waals surface area contributed by atoms with Gasteiger partial charge in [-0.3, -0.25) is 9.69 Å². The van der Waals surface area contributed by atoms with Crippen molar-refractivity contribution in [3.05, 3.63) is 71.2 Å². The van der Waals surface area contributed by atoms with E-state index in [1.54, 1.807) is 23.1 Å². The van der Waals surface area contributed by atoms with Gasteiger partial charge in [0.15, 0.2) is 0 Å². The van der Waals surface area contributed by atoms with Gasteiger partial charge in [-0.25, -0.2) is 4.39 Å². The summed E-state index contributed by atoms with van der Waals surface area (Å²) in [6.45, 7) is 2.48. The number of hydrogen-bond donors (Lipinski definition) is 1. The molecule has 29 heavy (non-hydrogen) atoms. The SMILES string of the molecule is O=C(c1cc2cc(F)ccc2[nH]1)N1CCN(Cc2cccc(C(F)(F)F)c2)CC1. The molecule has 1 amide bonds. The van der Waals surface area contributed by atoms with Crippen LogP contribution in [-0.4, -0.2) is 46.9 Å². The molecule has 0 aliphatic carbocycles. The summed E-state index contributed by atoms with van der Waals surface area (Å²) >= 11 is 0. The summed E-state index contributed by atoms with van der Waals surface area (Å²) in [5, 5.41) is 0.636. The Bertz CT molecular complexity index is 1040. The fourth-order valence-corrected chi connectivity index (χ4v) is 3.60. The van der Waals surface area contributed by atoms with Crippen molar-refractivity contribution in [3.63, 3.8) is 0 Å². The first-order valence-electron chi connectivity index (χ1n) is 9.26. The number of halogens is 4. The number of fused-ring (bicyclic) bond motifs is 1. The molecule has 152 valence electrons. The quantitative estimate of drug-likeness (QED) is 0.661. The normalized spacial score (nSPS) is 15.8. The van der Waals surface area contributed by atoms with E-state index in [1.807, 2.05) is 4.90 Å². The number of hydrogen-bond acceptors (Lipinski definition) is 2. The highest BCUT2D eigenvalue weighted by Crippen LogP contribution is 2.30. The molecule has 0 saturated carbocycles. The van der Waals surface area contributed by atoms with Gasteiger partial charge in [0.25, 0.3) is 5.91 Å². The van der Waals surface area contributed by atoms with E-state index in [0.29, 0.717) is 54.9 Å². The smallest absolute Gasteiger partial charge is 0.351 e. The maximum Gasteiger partial charge on any atom is 0.416 e. The van der Waals surface area contributed by atoms with E-state index in [9.17, 15) is 22.4 Å². The number of alkyl halides is 3. The Hall–Kier alpha value is -2.87. The molecule has 2 heterocycles. The summed E-state index contributed by atoms with van der Waals surface area (Å²) in [5.74, 6) is -0.529. The number of aromatic nitrogens is 1. The van der Waals surface area contributed by atoms with E-state index in [1.165, 1.54) is 24.3 Å². The molecule has 1 aromatic heterocycles. The van der Waals surface area contributed by atoms with Crippen LogP contribution >= 0.6 is 0 Å². The molecule has 4 rings (SSSR count). The average Bonchev–Trinajstić information content (AvgIpc) is 3.11. The fourth-order valence-electron chi connectivity index (χ4n) is 3.60. The van der Waals surface area contributed by atoms with Crippen LogP contribution in [0.5, 0.6) is 0 Å². The van der Waals surface area contributed by atoms with Gasteiger partial charge in [-0.05, 0) is 35.9 Å². The Morgan fingerprint density at radius 3 is 2.48 bits per heavy atom. The highest BCUT2D eigenvalue weighted by Gasteiger charge is 2.30. The number of aromatic amines is 1. The molecule has 2 aromatic carbocycles. The van der Waals surface area contributed by atoms with E-state index in [-0.39, 0.29) is 11.7 Å². The minimum Gasteiger partial charge on any atom is -0.351 e. The molecule has 1 aliphatic heterocycles. The lowest BCUT2D eigenvalue weighted by Crippen LogP contribution is -2.48. The lowest BCUT2D eigenvalue weighted by atomic mass is 10.1. The number of nitrogens with zero attached hydrogens (tertiary/aromatic N) is 2. The van der Waals surface area contributed by atoms with Gasteiger partial charge in [-0.2, -0.15) is 13.2 Å². The molecule has 0 bridgehead atoms. The molecule has 1 N–H and O–H groups in total. The summed E-state index contributed by atoms with van der Waals surface area (Å²) in [4.78, 5) is 19.5. The second kappa shape index (κ2) is 7.51. The van der Waals surface area contributed by atoms with Crippen LogP contribution in [0.3, 0.4) is 0 Å². The van der Waals surface area contributed by atoms with Crippen LogP contribution in [0, 0.1) is 5.82 Å². The zero-order chi connectivity index (χ0) is 20.6. The third kappa shape index (κ3) is 4.27. The Morgan fingerprint density at radius 1 is 1.00 bits per heavy atom. The van der Waals surface area contributed by atoms with E-state index in [2.05, 4.69) is 4.98 Å². The number of benzene rings is 2. The van der Waals surface area contributed by atoms with Crippen molar-refractivity contribution in [2.45, 2.75) is 12.7 Å². The number of carbonyl (C=O) groups excluding carboxylic acids is 1. The van der Waals surface area contributed by atoms with Crippen LogP contribution in [0.2, 0.25) is 0 Å². The molecule has 8 heteroatoms. The molecule has 0 unspecified atom stereocenters. The number of amides is 1. The predicted octanol–water partition coefficient (Wildman–Crippen LogP) is 4.28. The van der Waals surface area contributed by atoms with Gasteiger partial charge in [0.2, 0.25) is 0 Å². The topological polar surface area (TPSA) is 39.3 Å². The zero-order valence-electron chi connectivity index (χ0n) is 15.5. The Morgan fingerprint density at radius 2 is 1.76 bits per heavy atom. The van der Waals surface area contributed by atoms with Crippen LogP contribution in [0.4, 0.5) is 17.6 Å². The number of carbonyl (C=O) groups is 1. The van der Waals surface area contributed by atoms with E-state index in [0.717, 1.165) is 6.07 Å². The highest BCUT2D eigenvalue weighted by molar-refractivity contribution is 5.98. The highest BCUT2D eigenvalue weighted by atomic mass is 19.4. The molecule has 1 fully saturated rings. The molecular weight excluding hydrogens is 386 g/mol. The van der Waals surface area contributed by atoms with Gasteiger partial charge in [-0.15, -0.1) is 0 Å². The molecule has 0 spiro atoms. The second-order valence-corrected chi connectivity index (χ2v) is 7.18. The fraction of sp³-hybridized carbons (Fsp3) is 0.286. The standard InChI is InChI=1S/C21H19F4N3O/c22-17-4-5-18-15(11-17)12-19(26-18)20(29)28-8-6-27(7-9-28)13-14-2-1-3-16(10-14)21(23,24)25/h1-5,10-12,26H,6-9,13H2. The van der Waals surface area contributed by atoms with Crippen molar-refractivity contribution in [1.29, 1.82) is 0 Å². The van der Waals surface area contributed by atoms with Gasteiger partial charge in [0, 0.05) is 43.6 Å². The largest absolute Gasteiger partial charge is 0.416 e. The monoisotopic (exact) mass is 405 g/mol. The summed E-state index contributed by atoms with van der Waals surface area (Å²) in [6.07, 6.45) is -4.36. The first kappa shape index (κ1) is 19.4. The maximum atomic E-state index is 13.3. The minimum atomic E-state index is -4.36. The van der Waals surface area contributed by atoms with E-state index >= 15 is 0 Å². The molecular formula is C21H19F4N3O. The van der Waals surface area contributed by atoms with Gasteiger partial charge < -0.3 is 9.88 Å². The summed E-state index contributed by atoms with van der Waals surface area (Å²) in [5.41, 5.74) is 1.03. The minimum absolute atomic E-state index is 0.166. The second-order valence-electron chi connectivity index (χ2n) is 7.18. The third-order valence-corrected chi connectivity index (χ3v) is 5.13. The summed E-state index contributed by atoms with van der Waals surface area (Å²) in [7, 11) is 0. The predicted molar refractivity (Wildman–Crippen MR) is 101 cm³/mol. The van der Waals surface area contributed by atoms with Crippen LogP contribution in [0.1, 0.15) is 21.6 Å². The molecule has 0 radical (unpaired) electrons. The molecule has 4 nitrogen and oxygen atoms in total. The van der Waals surface area contributed by atoms with Crippen LogP contribution in [-0.2, 0) is 12.7 Å². The van der Waals surface area contributed by atoms with Crippen molar-refractivity contribution >= 4 is 16.8 Å². The average molecular weight is 405 g/mol. The van der Waals surface area contributed by atoms with Crippen molar-refractivity contribution in [3.8, 4) is 0 Å². The lowest BCUT2D eigenvalue weighted by molar-refractivity contribution is -0.137. The Labute approximate surface area is 164 Å². The van der Waals surface area contributed by atoms with Crippen molar-refractivity contribution in [2.75, 3.05) is 26.2 Å². The Balaban J connectivity index is 1.38. The lowest BCUT2D eigenvalue weighted by Gasteiger charge is -2.34. The number of nitrogens with one attached hydrogen (secondary N) is 1. The first-order valence-corrected chi connectivity index (χ1v) is 9.26. The molecule has 0 atom stereocenters. The van der Waals surface area contributed by atoms with Gasteiger partial charge in [0.05, 0.1) is 5.56 Å². The molecule has 1 saturated heterocycles. The van der Waals surface area contributed by atoms with Gasteiger partial charge in [0.1, 0.15) is 11.5 Å². The first-order chi connectivity index (χ1) is 13.8. The van der Waals surface area contributed by atoms with E-state index in [4.69, 9.17) is 0 Å². The Kier molecular flexibility index (Phi) is 5.04. The molecule has 1 aliphatic rings. The van der Waals surface area contributed by atoms with Gasteiger partial charge >= 0.3 is 6.18 Å². The van der Waals surface area contributed by atoms with E-state index < -0.39 is 11.7 Å².